The van der Waals surface area contributed by atoms with Gasteiger partial charge in [-0.25, -0.2) is 8.42 Å². The Kier molecular flexibility index (Phi) is 4.91. The molecule has 0 saturated carbocycles. The van der Waals surface area contributed by atoms with Crippen molar-refractivity contribution < 1.29 is 25.8 Å². The number of ether oxygens (including phenoxy) is 1. The average Bonchev–Trinajstić information content (AvgIpc) is 2.43. The Hall–Kier alpha value is -1.32. The van der Waals surface area contributed by atoms with Gasteiger partial charge in [-0.2, -0.15) is 12.7 Å². The van der Waals surface area contributed by atoms with E-state index in [0.29, 0.717) is 17.7 Å². The topological polar surface area (TPSA) is 90.0 Å². The van der Waals surface area contributed by atoms with Crippen molar-refractivity contribution in [1.29, 1.82) is 0 Å². The summed E-state index contributed by atoms with van der Waals surface area (Å²) in [6, 6.07) is 4.16. The average molecular weight is 377 g/mol. The van der Waals surface area contributed by atoms with Crippen molar-refractivity contribution in [3.8, 4) is 11.5 Å². The fourth-order valence-electron chi connectivity index (χ4n) is 2.74. The molecule has 0 fully saturated rings. The second kappa shape index (κ2) is 6.20. The predicted octanol–water partition coefficient (Wildman–Crippen LogP) is 1.91. The van der Waals surface area contributed by atoms with Crippen molar-refractivity contribution in [3.05, 3.63) is 23.8 Å². The molecule has 1 aromatic rings. The third kappa shape index (κ3) is 4.20. The predicted molar refractivity (Wildman–Crippen MR) is 91.2 cm³/mol. The largest absolute Gasteiger partial charge is 0.487 e. The van der Waals surface area contributed by atoms with Crippen LogP contribution >= 0.6 is 0 Å². The molecule has 1 atom stereocenters. The second-order valence-corrected chi connectivity index (χ2v) is 10.4. The summed E-state index contributed by atoms with van der Waals surface area (Å²) in [7, 11) is -5.56. The molecule has 24 heavy (non-hydrogen) atoms. The van der Waals surface area contributed by atoms with Crippen LogP contribution in [0.5, 0.6) is 11.5 Å². The minimum Gasteiger partial charge on any atom is -0.487 e. The summed E-state index contributed by atoms with van der Waals surface area (Å²) in [5.74, 6) is 0.637. The number of rotatable bonds is 5. The normalized spacial score (nSPS) is 20.3. The lowest BCUT2D eigenvalue weighted by molar-refractivity contribution is 0.0540. The molecule has 0 bridgehead atoms. The third-order valence-corrected chi connectivity index (χ3v) is 6.26. The van der Waals surface area contributed by atoms with Gasteiger partial charge in [-0.1, -0.05) is 0 Å². The number of hydrogen-bond acceptors (Lipinski definition) is 6. The molecular formula is C15H23NO6S2. The number of fused-ring (bicyclic) bond motifs is 1. The molecular weight excluding hydrogens is 354 g/mol. The lowest BCUT2D eigenvalue weighted by Gasteiger charge is -2.40. The zero-order chi connectivity index (χ0) is 18.3. The zero-order valence-corrected chi connectivity index (χ0v) is 16.1. The highest BCUT2D eigenvalue weighted by Gasteiger charge is 2.39. The summed E-state index contributed by atoms with van der Waals surface area (Å²) in [6.45, 7) is 5.35. The van der Waals surface area contributed by atoms with E-state index >= 15 is 0 Å². The van der Waals surface area contributed by atoms with E-state index in [9.17, 15) is 16.8 Å². The third-order valence-electron chi connectivity index (χ3n) is 3.90. The zero-order valence-electron chi connectivity index (χ0n) is 14.4. The van der Waals surface area contributed by atoms with Gasteiger partial charge in [-0.3, -0.25) is 0 Å². The summed E-state index contributed by atoms with van der Waals surface area (Å²) < 4.78 is 59.4. The van der Waals surface area contributed by atoms with Gasteiger partial charge in [0.1, 0.15) is 17.1 Å². The van der Waals surface area contributed by atoms with E-state index in [1.54, 1.807) is 13.0 Å². The maximum atomic E-state index is 12.3. The number of hydrogen-bond donors (Lipinski definition) is 0. The Labute approximate surface area is 143 Å². The minimum absolute atomic E-state index is 0.0177. The molecule has 7 nitrogen and oxygen atoms in total. The van der Waals surface area contributed by atoms with Crippen LogP contribution in [0.15, 0.2) is 18.2 Å². The van der Waals surface area contributed by atoms with Crippen molar-refractivity contribution in [1.82, 2.24) is 4.31 Å². The maximum Gasteiger partial charge on any atom is 0.306 e. The molecule has 0 aromatic heterocycles. The van der Waals surface area contributed by atoms with E-state index in [1.165, 1.54) is 23.5 Å². The van der Waals surface area contributed by atoms with Crippen molar-refractivity contribution >= 4 is 20.1 Å². The van der Waals surface area contributed by atoms with Gasteiger partial charge in [0.15, 0.2) is 0 Å². The quantitative estimate of drug-likeness (QED) is 0.728. The molecule has 1 aliphatic heterocycles. The molecule has 9 heteroatoms. The monoisotopic (exact) mass is 377 g/mol. The Balaban J connectivity index is 2.53. The molecule has 1 unspecified atom stereocenters. The van der Waals surface area contributed by atoms with Crippen LogP contribution in [0.2, 0.25) is 0 Å². The van der Waals surface area contributed by atoms with E-state index in [4.69, 9.17) is 8.92 Å². The maximum absolute atomic E-state index is 12.3. The van der Waals surface area contributed by atoms with Crippen LogP contribution in [0.25, 0.3) is 0 Å². The van der Waals surface area contributed by atoms with Crippen LogP contribution in [-0.2, 0) is 20.1 Å². The van der Waals surface area contributed by atoms with Crippen LogP contribution < -0.4 is 8.92 Å². The smallest absolute Gasteiger partial charge is 0.306 e. The number of benzene rings is 1. The second-order valence-electron chi connectivity index (χ2n) is 6.49. The Morgan fingerprint density at radius 3 is 2.46 bits per heavy atom. The first-order valence-electron chi connectivity index (χ1n) is 7.53. The summed E-state index contributed by atoms with van der Waals surface area (Å²) in [4.78, 5) is 0. The first-order chi connectivity index (χ1) is 10.8. The van der Waals surface area contributed by atoms with Crippen molar-refractivity contribution in [3.63, 3.8) is 0 Å². The van der Waals surface area contributed by atoms with E-state index in [2.05, 4.69) is 0 Å². The van der Waals surface area contributed by atoms with Crippen LogP contribution in [0.1, 0.15) is 38.8 Å². The van der Waals surface area contributed by atoms with Gasteiger partial charge < -0.3 is 8.92 Å². The fraction of sp³-hybridized carbons (Fsp3) is 0.600. The van der Waals surface area contributed by atoms with Crippen molar-refractivity contribution in [2.45, 2.75) is 38.8 Å². The van der Waals surface area contributed by atoms with Crippen LogP contribution in [0, 0.1) is 0 Å². The Bertz CT molecular complexity index is 830. The first-order valence-corrected chi connectivity index (χ1v) is 11.0. The lowest BCUT2D eigenvalue weighted by Crippen LogP contribution is -2.42. The summed E-state index contributed by atoms with van der Waals surface area (Å²) >= 11 is 0. The molecule has 0 amide bonds. The first kappa shape index (κ1) is 19.0. The fourth-order valence-corrected chi connectivity index (χ4v) is 4.18. The van der Waals surface area contributed by atoms with Gasteiger partial charge in [-0.15, -0.1) is 0 Å². The van der Waals surface area contributed by atoms with E-state index < -0.39 is 31.8 Å². The molecule has 0 saturated heterocycles. The summed E-state index contributed by atoms with van der Waals surface area (Å²) in [5, 5.41) is 0. The number of nitrogens with zero attached hydrogens (tertiary/aromatic N) is 1. The molecule has 0 spiro atoms. The molecule has 1 aromatic carbocycles. The SMILES string of the molecule is CCS(=O)(=O)N(C)C1CC(C)(C)Oc2ccc(OS(C)(=O)=O)cc21. The molecule has 1 aliphatic rings. The van der Waals surface area contributed by atoms with Gasteiger partial charge in [0.2, 0.25) is 10.0 Å². The molecule has 136 valence electrons. The van der Waals surface area contributed by atoms with Gasteiger partial charge in [-0.05, 0) is 39.0 Å². The van der Waals surface area contributed by atoms with Gasteiger partial charge in [0, 0.05) is 19.0 Å². The van der Waals surface area contributed by atoms with E-state index in [1.807, 2.05) is 13.8 Å². The molecule has 0 radical (unpaired) electrons. The molecule has 2 rings (SSSR count). The molecule has 1 heterocycles. The van der Waals surface area contributed by atoms with E-state index in [0.717, 1.165) is 6.26 Å². The van der Waals surface area contributed by atoms with Crippen LogP contribution in [0.3, 0.4) is 0 Å². The Morgan fingerprint density at radius 1 is 1.29 bits per heavy atom. The molecule has 0 aliphatic carbocycles. The highest BCUT2D eigenvalue weighted by atomic mass is 32.2. The van der Waals surface area contributed by atoms with Crippen LogP contribution in [-0.4, -0.2) is 45.8 Å². The van der Waals surface area contributed by atoms with Gasteiger partial charge in [0.05, 0.1) is 18.1 Å². The standard InChI is InChI=1S/C15H23NO6S2/c1-6-24(19,20)16(4)13-10-15(2,3)21-14-8-7-11(9-12(13)14)22-23(5,17)18/h7-9,13H,6,10H2,1-5H3. The minimum atomic E-state index is -3.67. The summed E-state index contributed by atoms with van der Waals surface area (Å²) in [5.41, 5.74) is 0.0454. The van der Waals surface area contributed by atoms with Gasteiger partial charge >= 0.3 is 10.1 Å². The lowest BCUT2D eigenvalue weighted by atomic mass is 9.89. The number of sulfonamides is 1. The van der Waals surface area contributed by atoms with Gasteiger partial charge in [0.25, 0.3) is 0 Å². The van der Waals surface area contributed by atoms with E-state index in [-0.39, 0.29) is 11.5 Å². The van der Waals surface area contributed by atoms with Crippen LogP contribution in [0.4, 0.5) is 0 Å². The Morgan fingerprint density at radius 2 is 1.92 bits per heavy atom. The summed E-state index contributed by atoms with van der Waals surface area (Å²) in [6.07, 6.45) is 1.40. The van der Waals surface area contributed by atoms with Crippen molar-refractivity contribution in [2.75, 3.05) is 19.1 Å². The van der Waals surface area contributed by atoms with Crippen molar-refractivity contribution in [2.24, 2.45) is 0 Å². The highest BCUT2D eigenvalue weighted by molar-refractivity contribution is 7.89. The molecule has 0 N–H and O–H groups in total. The highest BCUT2D eigenvalue weighted by Crippen LogP contribution is 2.44.